The molecule has 1 aliphatic rings. The average Bonchev–Trinajstić information content (AvgIpc) is 2.47. The largest absolute Gasteiger partial charge is 0.384 e. The van der Waals surface area contributed by atoms with Crippen LogP contribution in [0.3, 0.4) is 0 Å². The zero-order valence-corrected chi connectivity index (χ0v) is 13.3. The van der Waals surface area contributed by atoms with Gasteiger partial charge >= 0.3 is 0 Å². The molecule has 0 spiro atoms. The number of benzene rings is 1. The molecule has 1 fully saturated rings. The Bertz CT molecular complexity index is 473. The summed E-state index contributed by atoms with van der Waals surface area (Å²) < 4.78 is 0. The van der Waals surface area contributed by atoms with Gasteiger partial charge in [0.1, 0.15) is 5.84 Å². The van der Waals surface area contributed by atoms with Crippen LogP contribution in [0.2, 0.25) is 0 Å². The molecule has 0 aromatic heterocycles. The highest BCUT2D eigenvalue weighted by Gasteiger charge is 2.22. The number of anilines is 1. The van der Waals surface area contributed by atoms with Crippen LogP contribution in [0.5, 0.6) is 0 Å². The van der Waals surface area contributed by atoms with Crippen molar-refractivity contribution in [3.63, 3.8) is 0 Å². The maximum atomic E-state index is 7.95. The lowest BCUT2D eigenvalue weighted by Crippen LogP contribution is -2.36. The smallest absolute Gasteiger partial charge is 0.126 e. The highest BCUT2D eigenvalue weighted by atomic mass is 32.2. The second kappa shape index (κ2) is 7.02. The van der Waals surface area contributed by atoms with E-state index in [1.165, 1.54) is 19.3 Å². The molecule has 20 heavy (non-hydrogen) atoms. The van der Waals surface area contributed by atoms with Gasteiger partial charge in [-0.2, -0.15) is 0 Å². The van der Waals surface area contributed by atoms with Gasteiger partial charge in [-0.15, -0.1) is 11.8 Å². The van der Waals surface area contributed by atoms with E-state index in [1.54, 1.807) is 11.8 Å². The quantitative estimate of drug-likeness (QED) is 0.494. The minimum Gasteiger partial charge on any atom is -0.384 e. The number of nitrogens with two attached hydrogens (primary N) is 1. The Balaban J connectivity index is 2.34. The summed E-state index contributed by atoms with van der Waals surface area (Å²) in [7, 11) is 0. The van der Waals surface area contributed by atoms with Crippen LogP contribution in [0.4, 0.5) is 5.69 Å². The second-order valence-electron chi connectivity index (χ2n) is 5.36. The molecular weight excluding hydrogens is 266 g/mol. The van der Waals surface area contributed by atoms with Crippen LogP contribution < -0.4 is 10.6 Å². The molecule has 1 aromatic carbocycles. The third-order valence-electron chi connectivity index (χ3n) is 4.01. The summed E-state index contributed by atoms with van der Waals surface area (Å²) in [5.41, 5.74) is 7.94. The molecule has 2 rings (SSSR count). The van der Waals surface area contributed by atoms with Gasteiger partial charge in [0, 0.05) is 23.7 Å². The number of thioether (sulfide) groups is 1. The predicted octanol–water partition coefficient (Wildman–Crippen LogP) is 3.71. The van der Waals surface area contributed by atoms with Crippen molar-refractivity contribution in [3.05, 3.63) is 23.8 Å². The maximum absolute atomic E-state index is 7.95. The Kier molecular flexibility index (Phi) is 5.35. The van der Waals surface area contributed by atoms with E-state index in [9.17, 15) is 0 Å². The van der Waals surface area contributed by atoms with Gasteiger partial charge in [0.2, 0.25) is 0 Å². The monoisotopic (exact) mass is 291 g/mol. The molecule has 0 amide bonds. The fourth-order valence-corrected chi connectivity index (χ4v) is 3.79. The Morgan fingerprint density at radius 3 is 2.90 bits per heavy atom. The first kappa shape index (κ1) is 15.2. The number of hydrogen-bond donors (Lipinski definition) is 2. The van der Waals surface area contributed by atoms with Gasteiger partial charge < -0.3 is 10.6 Å². The molecule has 0 aliphatic carbocycles. The van der Waals surface area contributed by atoms with Gasteiger partial charge in [-0.25, -0.2) is 0 Å². The highest BCUT2D eigenvalue weighted by molar-refractivity contribution is 7.99. The molecule has 4 heteroatoms. The Labute approximate surface area is 126 Å². The lowest BCUT2D eigenvalue weighted by Gasteiger charge is -2.35. The molecule has 1 aromatic rings. The van der Waals surface area contributed by atoms with E-state index in [4.69, 9.17) is 11.1 Å². The zero-order valence-electron chi connectivity index (χ0n) is 12.5. The van der Waals surface area contributed by atoms with Crippen molar-refractivity contribution in [3.8, 4) is 0 Å². The molecule has 1 unspecified atom stereocenters. The summed E-state index contributed by atoms with van der Waals surface area (Å²) in [6.07, 6.45) is 3.79. The van der Waals surface area contributed by atoms with E-state index in [0.29, 0.717) is 0 Å². The summed E-state index contributed by atoms with van der Waals surface area (Å²) in [5, 5.41) is 7.95. The molecule has 110 valence electrons. The molecule has 1 saturated heterocycles. The van der Waals surface area contributed by atoms with Crippen LogP contribution in [0.1, 0.15) is 38.7 Å². The molecular formula is C16H25N3S. The summed E-state index contributed by atoms with van der Waals surface area (Å²) in [6, 6.07) is 6.29. The molecule has 0 bridgehead atoms. The minimum atomic E-state index is 0.190. The van der Waals surface area contributed by atoms with Crippen LogP contribution in [-0.2, 0) is 0 Å². The number of amidine groups is 1. The summed E-state index contributed by atoms with van der Waals surface area (Å²) >= 11 is 1.77. The number of piperidine rings is 1. The van der Waals surface area contributed by atoms with Crippen LogP contribution in [0, 0.1) is 11.3 Å². The third-order valence-corrected chi connectivity index (χ3v) is 4.95. The Hall–Kier alpha value is -1.16. The average molecular weight is 291 g/mol. The minimum absolute atomic E-state index is 0.190. The molecule has 1 aliphatic heterocycles. The van der Waals surface area contributed by atoms with E-state index in [1.807, 2.05) is 0 Å². The zero-order chi connectivity index (χ0) is 14.5. The predicted molar refractivity (Wildman–Crippen MR) is 89.1 cm³/mol. The van der Waals surface area contributed by atoms with Crippen molar-refractivity contribution < 1.29 is 0 Å². The first-order valence-electron chi connectivity index (χ1n) is 7.52. The number of nitrogens with zero attached hydrogens (tertiary/aromatic N) is 1. The van der Waals surface area contributed by atoms with Gasteiger partial charge in [-0.05, 0) is 36.6 Å². The maximum Gasteiger partial charge on any atom is 0.126 e. The number of nitrogen functional groups attached to an aromatic ring is 1. The van der Waals surface area contributed by atoms with E-state index in [-0.39, 0.29) is 5.84 Å². The summed E-state index contributed by atoms with van der Waals surface area (Å²) in [4.78, 5) is 3.56. The van der Waals surface area contributed by atoms with Crippen molar-refractivity contribution in [2.24, 2.45) is 11.7 Å². The fourth-order valence-electron chi connectivity index (χ4n) is 2.95. The highest BCUT2D eigenvalue weighted by Crippen LogP contribution is 2.33. The Morgan fingerprint density at radius 1 is 1.45 bits per heavy atom. The fraction of sp³-hybridized carbons (Fsp3) is 0.562. The lowest BCUT2D eigenvalue weighted by atomic mass is 9.94. The molecule has 0 saturated carbocycles. The number of hydrogen-bond acceptors (Lipinski definition) is 3. The Morgan fingerprint density at radius 2 is 2.25 bits per heavy atom. The molecule has 3 N–H and O–H groups in total. The van der Waals surface area contributed by atoms with Crippen LogP contribution in [-0.4, -0.2) is 24.7 Å². The van der Waals surface area contributed by atoms with E-state index >= 15 is 0 Å². The van der Waals surface area contributed by atoms with Gasteiger partial charge in [0.25, 0.3) is 0 Å². The standard InChI is InChI=1S/C16H25N3S/c1-3-12-7-6-10-19(11-12)13-8-5-9-14(20-4-2)15(13)16(17)18/h5,8-9,12H,3-4,6-7,10-11H2,1-2H3,(H3,17,18). The third kappa shape index (κ3) is 3.29. The topological polar surface area (TPSA) is 53.1 Å². The summed E-state index contributed by atoms with van der Waals surface area (Å²) in [6.45, 7) is 6.58. The second-order valence-corrected chi connectivity index (χ2v) is 6.67. The molecule has 0 radical (unpaired) electrons. The molecule has 3 nitrogen and oxygen atoms in total. The van der Waals surface area contributed by atoms with Gasteiger partial charge in [-0.3, -0.25) is 5.41 Å². The normalized spacial score (nSPS) is 19.1. The van der Waals surface area contributed by atoms with E-state index in [0.717, 1.165) is 40.9 Å². The first-order chi connectivity index (χ1) is 9.67. The molecule has 1 atom stereocenters. The van der Waals surface area contributed by atoms with Crippen molar-refractivity contribution >= 4 is 23.3 Å². The van der Waals surface area contributed by atoms with Crippen molar-refractivity contribution in [1.29, 1.82) is 5.41 Å². The summed E-state index contributed by atoms with van der Waals surface area (Å²) in [5.74, 6) is 1.96. The molecule has 1 heterocycles. The SMILES string of the molecule is CCSc1cccc(N2CCCC(CC)C2)c1C(=N)N. The van der Waals surface area contributed by atoms with Crippen molar-refractivity contribution in [1.82, 2.24) is 0 Å². The first-order valence-corrected chi connectivity index (χ1v) is 8.51. The van der Waals surface area contributed by atoms with Gasteiger partial charge in [0.05, 0.1) is 5.56 Å². The van der Waals surface area contributed by atoms with Crippen molar-refractivity contribution in [2.75, 3.05) is 23.7 Å². The van der Waals surface area contributed by atoms with Crippen LogP contribution in [0.15, 0.2) is 23.1 Å². The van der Waals surface area contributed by atoms with Gasteiger partial charge in [-0.1, -0.05) is 26.3 Å². The van der Waals surface area contributed by atoms with Crippen LogP contribution in [0.25, 0.3) is 0 Å². The van der Waals surface area contributed by atoms with Crippen molar-refractivity contribution in [2.45, 2.75) is 38.0 Å². The van der Waals surface area contributed by atoms with Crippen LogP contribution >= 0.6 is 11.8 Å². The number of nitrogens with one attached hydrogen (secondary N) is 1. The number of rotatable bonds is 5. The van der Waals surface area contributed by atoms with E-state index < -0.39 is 0 Å². The van der Waals surface area contributed by atoms with E-state index in [2.05, 4.69) is 36.9 Å². The lowest BCUT2D eigenvalue weighted by molar-refractivity contribution is 0.404. The van der Waals surface area contributed by atoms with Gasteiger partial charge in [0.15, 0.2) is 0 Å².